The van der Waals surface area contributed by atoms with Crippen molar-refractivity contribution in [1.29, 1.82) is 0 Å². The number of thiazole rings is 1. The van der Waals surface area contributed by atoms with Gasteiger partial charge in [0.1, 0.15) is 0 Å². The van der Waals surface area contributed by atoms with Gasteiger partial charge in [-0.15, -0.1) is 47.9 Å². The summed E-state index contributed by atoms with van der Waals surface area (Å²) in [6.07, 6.45) is 0.958. The smallest absolute Gasteiger partial charge is 0.238 e. The molecule has 2 rings (SSSR count). The third kappa shape index (κ3) is 4.93. The monoisotopic (exact) mass is 329 g/mol. The highest BCUT2D eigenvalue weighted by Gasteiger charge is 2.21. The van der Waals surface area contributed by atoms with Crippen LogP contribution in [-0.2, 0) is 17.8 Å². The molecule has 1 fully saturated rings. The van der Waals surface area contributed by atoms with Gasteiger partial charge in [-0.2, -0.15) is 0 Å². The Labute approximate surface area is 128 Å². The zero-order valence-electron chi connectivity index (χ0n) is 9.97. The summed E-state index contributed by atoms with van der Waals surface area (Å²) in [5.41, 5.74) is 0.959. The van der Waals surface area contributed by atoms with Crippen molar-refractivity contribution in [2.45, 2.75) is 25.9 Å². The highest BCUT2D eigenvalue weighted by Crippen LogP contribution is 2.11. The Balaban J connectivity index is 0.00000144. The van der Waals surface area contributed by atoms with Gasteiger partial charge in [0.15, 0.2) is 0 Å². The molecule has 1 unspecified atom stereocenters. The summed E-state index contributed by atoms with van der Waals surface area (Å²) in [6, 6.07) is -0.0331. The van der Waals surface area contributed by atoms with Crippen LogP contribution < -0.4 is 10.6 Å². The number of aryl methyl sites for hydroxylation is 1. The van der Waals surface area contributed by atoms with E-state index >= 15 is 0 Å². The van der Waals surface area contributed by atoms with E-state index in [1.165, 1.54) is 0 Å². The van der Waals surface area contributed by atoms with E-state index in [2.05, 4.69) is 22.5 Å². The van der Waals surface area contributed by atoms with E-state index in [-0.39, 0.29) is 36.8 Å². The molecule has 1 aromatic heterocycles. The van der Waals surface area contributed by atoms with Crippen LogP contribution in [-0.4, -0.2) is 28.6 Å². The van der Waals surface area contributed by atoms with Crippen molar-refractivity contribution in [2.24, 2.45) is 0 Å². The molecule has 1 aliphatic rings. The minimum atomic E-state index is -0.0331. The number of carbonyl (C=O) groups is 1. The van der Waals surface area contributed by atoms with E-state index < -0.39 is 0 Å². The predicted molar refractivity (Wildman–Crippen MR) is 82.1 cm³/mol. The van der Waals surface area contributed by atoms with Crippen molar-refractivity contribution in [3.8, 4) is 0 Å². The molecule has 0 bridgehead atoms. The molecule has 2 N–H and O–H groups in total. The zero-order valence-corrected chi connectivity index (χ0v) is 13.2. The molecule has 8 heteroatoms. The van der Waals surface area contributed by atoms with Gasteiger partial charge < -0.3 is 5.32 Å². The van der Waals surface area contributed by atoms with E-state index in [0.717, 1.165) is 28.8 Å². The van der Waals surface area contributed by atoms with Crippen LogP contribution in [0.4, 0.5) is 0 Å². The first-order chi connectivity index (χ1) is 7.79. The molecule has 1 aliphatic heterocycles. The molecule has 1 amide bonds. The van der Waals surface area contributed by atoms with E-state index in [4.69, 9.17) is 0 Å². The van der Waals surface area contributed by atoms with Gasteiger partial charge in [-0.3, -0.25) is 10.1 Å². The molecule has 1 atom stereocenters. The van der Waals surface area contributed by atoms with Crippen molar-refractivity contribution in [3.63, 3.8) is 0 Å². The fraction of sp³-hybridized carbons (Fsp3) is 0.600. The van der Waals surface area contributed by atoms with Gasteiger partial charge in [-0.1, -0.05) is 6.92 Å². The highest BCUT2D eigenvalue weighted by atomic mass is 35.5. The lowest BCUT2D eigenvalue weighted by Crippen LogP contribution is -2.41. The number of amides is 1. The van der Waals surface area contributed by atoms with Gasteiger partial charge in [0, 0.05) is 17.0 Å². The van der Waals surface area contributed by atoms with Crippen LogP contribution in [0.1, 0.15) is 17.6 Å². The van der Waals surface area contributed by atoms with Gasteiger partial charge in [0.05, 0.1) is 23.3 Å². The Kier molecular flexibility index (Phi) is 8.98. The standard InChI is InChI=1S/C10H15N3OS2.2ClH/c1-2-9-13-7(4-16-9)3-11-10(14)8-5-15-6-12-8;;/h4,8,12H,2-3,5-6H2,1H3,(H,11,14);2*1H. The fourth-order valence-corrected chi connectivity index (χ4v) is 3.14. The predicted octanol–water partition coefficient (Wildman–Crippen LogP) is 1.83. The second-order valence-electron chi connectivity index (χ2n) is 3.58. The number of carbonyl (C=O) groups excluding carboxylic acids is 1. The van der Waals surface area contributed by atoms with E-state index in [1.807, 2.05) is 5.38 Å². The van der Waals surface area contributed by atoms with E-state index in [1.54, 1.807) is 23.1 Å². The topological polar surface area (TPSA) is 54.0 Å². The molecule has 0 aliphatic carbocycles. The molecule has 4 nitrogen and oxygen atoms in total. The van der Waals surface area contributed by atoms with Crippen LogP contribution in [0.5, 0.6) is 0 Å². The number of aromatic nitrogens is 1. The number of rotatable bonds is 4. The number of nitrogens with zero attached hydrogens (tertiary/aromatic N) is 1. The minimum Gasteiger partial charge on any atom is -0.349 e. The van der Waals surface area contributed by atoms with Crippen LogP contribution in [0.2, 0.25) is 0 Å². The van der Waals surface area contributed by atoms with Gasteiger partial charge >= 0.3 is 0 Å². The lowest BCUT2D eigenvalue weighted by molar-refractivity contribution is -0.122. The van der Waals surface area contributed by atoms with Crippen LogP contribution in [0, 0.1) is 0 Å². The largest absolute Gasteiger partial charge is 0.349 e. The minimum absolute atomic E-state index is 0. The van der Waals surface area contributed by atoms with Crippen molar-refractivity contribution in [3.05, 3.63) is 16.1 Å². The first kappa shape index (κ1) is 18.0. The average molecular weight is 330 g/mol. The number of hydrogen-bond donors (Lipinski definition) is 2. The maximum absolute atomic E-state index is 11.7. The number of nitrogens with one attached hydrogen (secondary N) is 2. The summed E-state index contributed by atoms with van der Waals surface area (Å²) in [7, 11) is 0. The Hall–Kier alpha value is -0.0100. The maximum atomic E-state index is 11.7. The second kappa shape index (κ2) is 8.98. The van der Waals surface area contributed by atoms with Crippen molar-refractivity contribution < 1.29 is 4.79 Å². The number of hydrogen-bond acceptors (Lipinski definition) is 5. The van der Waals surface area contributed by atoms with E-state index in [0.29, 0.717) is 6.54 Å². The van der Waals surface area contributed by atoms with Crippen molar-refractivity contribution >= 4 is 53.8 Å². The normalized spacial score (nSPS) is 17.7. The molecular formula is C10H17Cl2N3OS2. The fourth-order valence-electron chi connectivity index (χ4n) is 1.46. The van der Waals surface area contributed by atoms with Crippen molar-refractivity contribution in [2.75, 3.05) is 11.6 Å². The van der Waals surface area contributed by atoms with Crippen LogP contribution in [0.25, 0.3) is 0 Å². The van der Waals surface area contributed by atoms with Gasteiger partial charge in [-0.05, 0) is 6.42 Å². The van der Waals surface area contributed by atoms with Crippen LogP contribution >= 0.6 is 47.9 Å². The molecule has 0 aromatic carbocycles. The molecule has 1 saturated heterocycles. The Bertz CT molecular complexity index is 370. The Morgan fingerprint density at radius 1 is 1.61 bits per heavy atom. The Morgan fingerprint density at radius 2 is 2.39 bits per heavy atom. The van der Waals surface area contributed by atoms with Gasteiger partial charge in [-0.25, -0.2) is 4.98 Å². The summed E-state index contributed by atoms with van der Waals surface area (Å²) in [4.78, 5) is 16.1. The quantitative estimate of drug-likeness (QED) is 0.884. The highest BCUT2D eigenvalue weighted by molar-refractivity contribution is 7.99. The molecule has 0 saturated carbocycles. The van der Waals surface area contributed by atoms with Gasteiger partial charge in [0.25, 0.3) is 0 Å². The summed E-state index contributed by atoms with van der Waals surface area (Å²) in [5, 5.41) is 9.18. The first-order valence-electron chi connectivity index (χ1n) is 5.31. The zero-order chi connectivity index (χ0) is 11.4. The number of halogens is 2. The molecule has 104 valence electrons. The summed E-state index contributed by atoms with van der Waals surface area (Å²) < 4.78 is 0. The second-order valence-corrected chi connectivity index (χ2v) is 5.55. The first-order valence-corrected chi connectivity index (χ1v) is 7.35. The maximum Gasteiger partial charge on any atom is 0.238 e. The van der Waals surface area contributed by atoms with Crippen LogP contribution in [0.15, 0.2) is 5.38 Å². The Morgan fingerprint density at radius 3 is 2.94 bits per heavy atom. The molecular weight excluding hydrogens is 313 g/mol. The lowest BCUT2D eigenvalue weighted by Gasteiger charge is -2.08. The average Bonchev–Trinajstić information content (AvgIpc) is 2.96. The third-order valence-electron chi connectivity index (χ3n) is 2.38. The van der Waals surface area contributed by atoms with Gasteiger partial charge in [0.2, 0.25) is 5.91 Å². The number of thioether (sulfide) groups is 1. The SMILES string of the molecule is CCc1nc(CNC(=O)C2CSCN2)cs1.Cl.Cl. The molecule has 18 heavy (non-hydrogen) atoms. The molecule has 0 radical (unpaired) electrons. The van der Waals surface area contributed by atoms with Crippen LogP contribution in [0.3, 0.4) is 0 Å². The lowest BCUT2D eigenvalue weighted by atomic mass is 10.3. The summed E-state index contributed by atoms with van der Waals surface area (Å²) >= 11 is 3.41. The third-order valence-corrected chi connectivity index (χ3v) is 4.36. The summed E-state index contributed by atoms with van der Waals surface area (Å²) in [5.74, 6) is 1.81. The molecule has 0 spiro atoms. The van der Waals surface area contributed by atoms with E-state index in [9.17, 15) is 4.79 Å². The summed E-state index contributed by atoms with van der Waals surface area (Å²) in [6.45, 7) is 2.62. The molecule has 2 heterocycles. The molecule has 1 aromatic rings. The van der Waals surface area contributed by atoms with Crippen molar-refractivity contribution in [1.82, 2.24) is 15.6 Å².